The SMILES string of the molecule is Cc1ccc(Br)c(NC(CN)CCNC(=O)OC(C)(C)C)c1. The minimum Gasteiger partial charge on any atom is -0.444 e. The molecule has 5 nitrogen and oxygen atoms in total. The van der Waals surface area contributed by atoms with E-state index in [4.69, 9.17) is 10.5 Å². The third-order valence-corrected chi connectivity index (χ3v) is 3.62. The van der Waals surface area contributed by atoms with Crippen LogP contribution in [0, 0.1) is 6.92 Å². The highest BCUT2D eigenvalue weighted by Gasteiger charge is 2.16. The zero-order valence-corrected chi connectivity index (χ0v) is 15.3. The van der Waals surface area contributed by atoms with Gasteiger partial charge in [-0.2, -0.15) is 0 Å². The van der Waals surface area contributed by atoms with E-state index in [1.807, 2.05) is 39.8 Å². The van der Waals surface area contributed by atoms with Gasteiger partial charge in [0, 0.05) is 29.3 Å². The van der Waals surface area contributed by atoms with Crippen molar-refractivity contribution in [3.05, 3.63) is 28.2 Å². The molecule has 1 aromatic rings. The number of halogens is 1. The molecule has 0 spiro atoms. The molecule has 22 heavy (non-hydrogen) atoms. The molecule has 0 aliphatic heterocycles. The van der Waals surface area contributed by atoms with Crippen molar-refractivity contribution in [3.8, 4) is 0 Å². The molecule has 0 bridgehead atoms. The Morgan fingerprint density at radius 1 is 1.41 bits per heavy atom. The summed E-state index contributed by atoms with van der Waals surface area (Å²) < 4.78 is 6.19. The Bertz CT molecular complexity index is 501. The summed E-state index contributed by atoms with van der Waals surface area (Å²) in [5.41, 5.74) is 7.50. The number of hydrogen-bond acceptors (Lipinski definition) is 4. The molecule has 1 unspecified atom stereocenters. The molecule has 0 radical (unpaired) electrons. The highest BCUT2D eigenvalue weighted by Crippen LogP contribution is 2.24. The van der Waals surface area contributed by atoms with Gasteiger partial charge >= 0.3 is 6.09 Å². The van der Waals surface area contributed by atoms with Crippen LogP contribution < -0.4 is 16.4 Å². The van der Waals surface area contributed by atoms with Gasteiger partial charge in [0.25, 0.3) is 0 Å². The summed E-state index contributed by atoms with van der Waals surface area (Å²) in [4.78, 5) is 11.6. The van der Waals surface area contributed by atoms with Crippen LogP contribution in [-0.4, -0.2) is 30.8 Å². The minimum absolute atomic E-state index is 0.0769. The quantitative estimate of drug-likeness (QED) is 0.715. The van der Waals surface area contributed by atoms with Crippen LogP contribution in [0.5, 0.6) is 0 Å². The predicted octanol–water partition coefficient (Wildman–Crippen LogP) is 3.41. The van der Waals surface area contributed by atoms with E-state index in [0.29, 0.717) is 13.1 Å². The fourth-order valence-corrected chi connectivity index (χ4v) is 2.24. The fraction of sp³-hybridized carbons (Fsp3) is 0.562. The standard InChI is InChI=1S/C16H26BrN3O2/c1-11-5-6-13(17)14(9-11)20-12(10-18)7-8-19-15(21)22-16(2,3)4/h5-6,9,12,20H,7-8,10,18H2,1-4H3,(H,19,21). The zero-order valence-electron chi connectivity index (χ0n) is 13.7. The van der Waals surface area contributed by atoms with Gasteiger partial charge in [0.2, 0.25) is 0 Å². The number of rotatable bonds is 6. The van der Waals surface area contributed by atoms with E-state index < -0.39 is 11.7 Å². The summed E-state index contributed by atoms with van der Waals surface area (Å²) in [5, 5.41) is 6.14. The summed E-state index contributed by atoms with van der Waals surface area (Å²) in [6.07, 6.45) is 0.316. The summed E-state index contributed by atoms with van der Waals surface area (Å²) >= 11 is 3.52. The van der Waals surface area contributed by atoms with Gasteiger partial charge in [-0.3, -0.25) is 0 Å². The lowest BCUT2D eigenvalue weighted by Gasteiger charge is -2.22. The predicted molar refractivity (Wildman–Crippen MR) is 94.2 cm³/mol. The second kappa shape index (κ2) is 8.39. The molecule has 6 heteroatoms. The summed E-state index contributed by atoms with van der Waals surface area (Å²) in [7, 11) is 0. The van der Waals surface area contributed by atoms with Crippen LogP contribution in [0.3, 0.4) is 0 Å². The maximum Gasteiger partial charge on any atom is 0.407 e. The molecule has 4 N–H and O–H groups in total. The third kappa shape index (κ3) is 7.13. The van der Waals surface area contributed by atoms with Gasteiger partial charge in [0.1, 0.15) is 5.60 Å². The lowest BCUT2D eigenvalue weighted by Crippen LogP contribution is -2.37. The number of hydrogen-bond donors (Lipinski definition) is 3. The maximum absolute atomic E-state index is 11.6. The Kier molecular flexibility index (Phi) is 7.16. The van der Waals surface area contributed by atoms with Crippen LogP contribution in [-0.2, 0) is 4.74 Å². The highest BCUT2D eigenvalue weighted by atomic mass is 79.9. The number of aryl methyl sites for hydroxylation is 1. The van der Waals surface area contributed by atoms with Gasteiger partial charge in [0.05, 0.1) is 0 Å². The molecule has 0 aliphatic rings. The van der Waals surface area contributed by atoms with Crippen molar-refractivity contribution in [1.29, 1.82) is 0 Å². The summed E-state index contributed by atoms with van der Waals surface area (Å²) in [5.74, 6) is 0. The van der Waals surface area contributed by atoms with E-state index in [1.165, 1.54) is 5.56 Å². The first kappa shape index (κ1) is 18.8. The molecule has 1 rings (SSSR count). The molecule has 124 valence electrons. The van der Waals surface area contributed by atoms with Crippen molar-refractivity contribution in [2.45, 2.75) is 45.8 Å². The topological polar surface area (TPSA) is 76.4 Å². The second-order valence-corrected chi connectivity index (χ2v) is 7.13. The molecule has 0 saturated carbocycles. The minimum atomic E-state index is -0.484. The molecule has 1 aromatic carbocycles. The van der Waals surface area contributed by atoms with E-state index >= 15 is 0 Å². The molecule has 1 atom stereocenters. The first-order chi connectivity index (χ1) is 10.2. The van der Waals surface area contributed by atoms with Crippen LogP contribution >= 0.6 is 15.9 Å². The van der Waals surface area contributed by atoms with E-state index in [2.05, 4.69) is 32.6 Å². The van der Waals surface area contributed by atoms with E-state index in [-0.39, 0.29) is 6.04 Å². The number of nitrogens with one attached hydrogen (secondary N) is 2. The first-order valence-corrected chi connectivity index (χ1v) is 8.20. The van der Waals surface area contributed by atoms with Gasteiger partial charge in [-0.1, -0.05) is 6.07 Å². The number of ether oxygens (including phenoxy) is 1. The normalized spacial score (nSPS) is 12.6. The molecule has 0 saturated heterocycles. The summed E-state index contributed by atoms with van der Waals surface area (Å²) in [6, 6.07) is 6.18. The monoisotopic (exact) mass is 371 g/mol. The van der Waals surface area contributed by atoms with Crippen LogP contribution in [0.4, 0.5) is 10.5 Å². The second-order valence-electron chi connectivity index (χ2n) is 6.28. The van der Waals surface area contributed by atoms with E-state index in [0.717, 1.165) is 16.6 Å². The van der Waals surface area contributed by atoms with Crippen LogP contribution in [0.15, 0.2) is 22.7 Å². The lowest BCUT2D eigenvalue weighted by atomic mass is 10.1. The van der Waals surface area contributed by atoms with Crippen LogP contribution in [0.25, 0.3) is 0 Å². The van der Waals surface area contributed by atoms with Crippen molar-refractivity contribution < 1.29 is 9.53 Å². The van der Waals surface area contributed by atoms with Gasteiger partial charge in [-0.15, -0.1) is 0 Å². The van der Waals surface area contributed by atoms with Crippen LogP contribution in [0.2, 0.25) is 0 Å². The largest absolute Gasteiger partial charge is 0.444 e. The Morgan fingerprint density at radius 2 is 2.09 bits per heavy atom. The maximum atomic E-state index is 11.6. The number of nitrogens with two attached hydrogens (primary N) is 1. The van der Waals surface area contributed by atoms with Crippen molar-refractivity contribution in [2.75, 3.05) is 18.4 Å². The van der Waals surface area contributed by atoms with Crippen molar-refractivity contribution in [2.24, 2.45) is 5.73 Å². The number of benzene rings is 1. The van der Waals surface area contributed by atoms with Gasteiger partial charge in [0.15, 0.2) is 0 Å². The fourth-order valence-electron chi connectivity index (χ4n) is 1.88. The molecular formula is C16H26BrN3O2. The molecule has 0 aliphatic carbocycles. The first-order valence-electron chi connectivity index (χ1n) is 7.41. The Labute approximate surface area is 141 Å². The average molecular weight is 372 g/mol. The molecular weight excluding hydrogens is 346 g/mol. The van der Waals surface area contributed by atoms with Crippen molar-refractivity contribution in [1.82, 2.24) is 5.32 Å². The zero-order chi connectivity index (χ0) is 16.8. The molecule has 0 fully saturated rings. The average Bonchev–Trinajstić information content (AvgIpc) is 2.39. The number of anilines is 1. The van der Waals surface area contributed by atoms with Gasteiger partial charge in [-0.25, -0.2) is 4.79 Å². The number of alkyl carbamates (subject to hydrolysis) is 1. The van der Waals surface area contributed by atoms with Gasteiger partial charge < -0.3 is 21.1 Å². The van der Waals surface area contributed by atoms with Crippen molar-refractivity contribution >= 4 is 27.7 Å². The smallest absolute Gasteiger partial charge is 0.407 e. The lowest BCUT2D eigenvalue weighted by molar-refractivity contribution is 0.0527. The van der Waals surface area contributed by atoms with E-state index in [1.54, 1.807) is 0 Å². The Hall–Kier alpha value is -1.27. The molecule has 0 heterocycles. The van der Waals surface area contributed by atoms with Crippen LogP contribution in [0.1, 0.15) is 32.8 Å². The Balaban J connectivity index is 2.46. The molecule has 0 aromatic heterocycles. The number of carbonyl (C=O) groups excluding carboxylic acids is 1. The van der Waals surface area contributed by atoms with Crippen molar-refractivity contribution in [3.63, 3.8) is 0 Å². The van der Waals surface area contributed by atoms with Gasteiger partial charge in [-0.05, 0) is 67.7 Å². The third-order valence-electron chi connectivity index (χ3n) is 2.93. The Morgan fingerprint density at radius 3 is 2.68 bits per heavy atom. The highest BCUT2D eigenvalue weighted by molar-refractivity contribution is 9.10. The number of amides is 1. The van der Waals surface area contributed by atoms with E-state index in [9.17, 15) is 4.79 Å². The number of carbonyl (C=O) groups is 1. The summed E-state index contributed by atoms with van der Waals surface area (Å²) in [6.45, 7) is 8.55. The molecule has 1 amide bonds.